The summed E-state index contributed by atoms with van der Waals surface area (Å²) >= 11 is 3.79. The topological polar surface area (TPSA) is 38.7 Å². The molecule has 0 N–H and O–H groups in total. The Labute approximate surface area is 178 Å². The second-order valence-electron chi connectivity index (χ2n) is 6.96. The van der Waals surface area contributed by atoms with Gasteiger partial charge in [-0.1, -0.05) is 78.9 Å². The summed E-state index contributed by atoms with van der Waals surface area (Å²) in [6.07, 6.45) is 8.54. The number of nitrogens with zero attached hydrogens (tertiary/aromatic N) is 3. The van der Waals surface area contributed by atoms with Crippen LogP contribution in [0.25, 0.3) is 39.1 Å². The van der Waals surface area contributed by atoms with Crippen LogP contribution in [0.3, 0.4) is 0 Å². The monoisotopic (exact) mass is 439 g/mol. The summed E-state index contributed by atoms with van der Waals surface area (Å²) in [7, 11) is 0. The highest BCUT2D eigenvalue weighted by molar-refractivity contribution is 9.10. The minimum atomic E-state index is 0.673. The van der Waals surface area contributed by atoms with E-state index in [0.29, 0.717) is 17.5 Å². The molecule has 3 nitrogen and oxygen atoms in total. The van der Waals surface area contributed by atoms with Crippen molar-refractivity contribution in [1.82, 2.24) is 15.0 Å². The van der Waals surface area contributed by atoms with E-state index in [2.05, 4.69) is 58.4 Å². The zero-order valence-electron chi connectivity index (χ0n) is 15.7. The van der Waals surface area contributed by atoms with Crippen LogP contribution in [0.1, 0.15) is 18.7 Å². The lowest BCUT2D eigenvalue weighted by atomic mass is 10.1. The SMILES string of the molecule is Brc1c(-c2nc(C3=CCCC=C3)nc(-c3ccccc3)n2)ccc2ccccc12. The Kier molecular flexibility index (Phi) is 4.78. The summed E-state index contributed by atoms with van der Waals surface area (Å²) in [6, 6.07) is 22.6. The van der Waals surface area contributed by atoms with E-state index in [1.807, 2.05) is 42.5 Å². The molecule has 4 aromatic rings. The predicted molar refractivity (Wildman–Crippen MR) is 122 cm³/mol. The molecule has 5 rings (SSSR count). The molecule has 0 unspecified atom stereocenters. The van der Waals surface area contributed by atoms with Crippen molar-refractivity contribution in [3.8, 4) is 22.8 Å². The summed E-state index contributed by atoms with van der Waals surface area (Å²) in [5.41, 5.74) is 2.99. The fraction of sp³-hybridized carbons (Fsp3) is 0.0800. The zero-order valence-corrected chi connectivity index (χ0v) is 17.3. The lowest BCUT2D eigenvalue weighted by Gasteiger charge is -2.12. The molecule has 29 heavy (non-hydrogen) atoms. The highest BCUT2D eigenvalue weighted by Crippen LogP contribution is 2.34. The van der Waals surface area contributed by atoms with Crippen molar-refractivity contribution < 1.29 is 0 Å². The first-order valence-electron chi connectivity index (χ1n) is 9.66. The van der Waals surface area contributed by atoms with Crippen LogP contribution < -0.4 is 0 Å². The molecular weight excluding hydrogens is 422 g/mol. The Morgan fingerprint density at radius 1 is 0.690 bits per heavy atom. The second kappa shape index (κ2) is 7.72. The molecule has 0 aliphatic heterocycles. The average Bonchev–Trinajstić information content (AvgIpc) is 2.80. The van der Waals surface area contributed by atoms with Gasteiger partial charge in [0.05, 0.1) is 0 Å². The van der Waals surface area contributed by atoms with E-state index in [4.69, 9.17) is 15.0 Å². The van der Waals surface area contributed by atoms with E-state index in [1.54, 1.807) is 0 Å². The van der Waals surface area contributed by atoms with E-state index in [0.717, 1.165) is 39.4 Å². The fourth-order valence-corrected chi connectivity index (χ4v) is 4.20. The normalized spacial score (nSPS) is 13.5. The smallest absolute Gasteiger partial charge is 0.165 e. The van der Waals surface area contributed by atoms with Crippen molar-refractivity contribution in [3.05, 3.63) is 95.3 Å². The number of hydrogen-bond acceptors (Lipinski definition) is 3. The van der Waals surface area contributed by atoms with Crippen LogP contribution in [0.4, 0.5) is 0 Å². The third-order valence-corrected chi connectivity index (χ3v) is 5.88. The molecule has 4 heteroatoms. The number of benzene rings is 3. The van der Waals surface area contributed by atoms with Crippen molar-refractivity contribution >= 4 is 32.3 Å². The number of fused-ring (bicyclic) bond motifs is 1. The molecule has 0 amide bonds. The molecule has 0 saturated heterocycles. The Morgan fingerprint density at radius 2 is 1.45 bits per heavy atom. The van der Waals surface area contributed by atoms with E-state index in [1.165, 1.54) is 5.39 Å². The summed E-state index contributed by atoms with van der Waals surface area (Å²) in [5.74, 6) is 2.07. The Balaban J connectivity index is 1.73. The number of hydrogen-bond donors (Lipinski definition) is 0. The van der Waals surface area contributed by atoms with Gasteiger partial charge in [0, 0.05) is 21.2 Å². The highest BCUT2D eigenvalue weighted by Gasteiger charge is 2.16. The number of aromatic nitrogens is 3. The van der Waals surface area contributed by atoms with Crippen LogP contribution in [0.15, 0.2) is 89.4 Å². The molecule has 1 aliphatic rings. The number of rotatable bonds is 3. The van der Waals surface area contributed by atoms with Crippen molar-refractivity contribution in [2.45, 2.75) is 12.8 Å². The molecule has 0 atom stereocenters. The predicted octanol–water partition coefficient (Wildman–Crippen LogP) is 6.85. The van der Waals surface area contributed by atoms with Crippen LogP contribution in [0.2, 0.25) is 0 Å². The molecule has 1 aromatic heterocycles. The summed E-state index contributed by atoms with van der Waals surface area (Å²) in [6.45, 7) is 0. The minimum Gasteiger partial charge on any atom is -0.208 e. The Hall–Kier alpha value is -3.11. The van der Waals surface area contributed by atoms with Gasteiger partial charge in [-0.2, -0.15) is 0 Å². The van der Waals surface area contributed by atoms with Crippen LogP contribution in [0.5, 0.6) is 0 Å². The lowest BCUT2D eigenvalue weighted by molar-refractivity contribution is 1.01. The molecule has 0 radical (unpaired) electrons. The van der Waals surface area contributed by atoms with Crippen molar-refractivity contribution in [3.63, 3.8) is 0 Å². The third kappa shape index (κ3) is 3.52. The second-order valence-corrected chi connectivity index (χ2v) is 7.75. The summed E-state index contributed by atoms with van der Waals surface area (Å²) in [5, 5.41) is 2.32. The van der Waals surface area contributed by atoms with Gasteiger partial charge in [0.2, 0.25) is 0 Å². The van der Waals surface area contributed by atoms with Gasteiger partial charge >= 0.3 is 0 Å². The van der Waals surface area contributed by atoms with E-state index >= 15 is 0 Å². The third-order valence-electron chi connectivity index (χ3n) is 5.02. The van der Waals surface area contributed by atoms with E-state index < -0.39 is 0 Å². The number of halogens is 1. The maximum Gasteiger partial charge on any atom is 0.165 e. The van der Waals surface area contributed by atoms with Gasteiger partial charge in [0.1, 0.15) is 0 Å². The first-order valence-corrected chi connectivity index (χ1v) is 10.4. The standard InChI is InChI=1S/C25H18BrN3/c26-22-20-14-8-7-9-17(20)15-16-21(22)25-28-23(18-10-3-1-4-11-18)27-24(29-25)19-12-5-2-6-13-19/h1,3-5,7-16H,2,6H2. The van der Waals surface area contributed by atoms with Crippen LogP contribution in [-0.4, -0.2) is 15.0 Å². The van der Waals surface area contributed by atoms with Crippen molar-refractivity contribution in [2.75, 3.05) is 0 Å². The van der Waals surface area contributed by atoms with Gasteiger partial charge in [-0.05, 0) is 45.6 Å². The van der Waals surface area contributed by atoms with Gasteiger partial charge in [-0.15, -0.1) is 0 Å². The molecule has 0 saturated carbocycles. The van der Waals surface area contributed by atoms with E-state index in [-0.39, 0.29) is 0 Å². The van der Waals surface area contributed by atoms with E-state index in [9.17, 15) is 0 Å². The minimum absolute atomic E-state index is 0.673. The average molecular weight is 440 g/mol. The number of allylic oxidation sites excluding steroid dienone is 4. The van der Waals surface area contributed by atoms with Crippen LogP contribution in [-0.2, 0) is 0 Å². The first kappa shape index (κ1) is 18.0. The van der Waals surface area contributed by atoms with Crippen LogP contribution in [0, 0.1) is 0 Å². The Morgan fingerprint density at radius 3 is 2.28 bits per heavy atom. The molecule has 140 valence electrons. The fourth-order valence-electron chi connectivity index (χ4n) is 3.53. The molecule has 0 bridgehead atoms. The van der Waals surface area contributed by atoms with Gasteiger partial charge in [-0.25, -0.2) is 15.0 Å². The van der Waals surface area contributed by atoms with Gasteiger partial charge in [-0.3, -0.25) is 0 Å². The molecule has 0 spiro atoms. The molecule has 1 heterocycles. The maximum atomic E-state index is 4.85. The lowest BCUT2D eigenvalue weighted by Crippen LogP contribution is -2.03. The molecule has 3 aromatic carbocycles. The van der Waals surface area contributed by atoms with Gasteiger partial charge in [0.15, 0.2) is 17.5 Å². The largest absolute Gasteiger partial charge is 0.208 e. The molecule has 1 aliphatic carbocycles. The van der Waals surface area contributed by atoms with Crippen molar-refractivity contribution in [1.29, 1.82) is 0 Å². The Bertz CT molecular complexity index is 1260. The quantitative estimate of drug-likeness (QED) is 0.350. The molecular formula is C25H18BrN3. The summed E-state index contributed by atoms with van der Waals surface area (Å²) < 4.78 is 1.000. The highest BCUT2D eigenvalue weighted by atomic mass is 79.9. The van der Waals surface area contributed by atoms with Crippen molar-refractivity contribution in [2.24, 2.45) is 0 Å². The summed E-state index contributed by atoms with van der Waals surface area (Å²) in [4.78, 5) is 14.5. The van der Waals surface area contributed by atoms with Gasteiger partial charge < -0.3 is 0 Å². The van der Waals surface area contributed by atoms with Crippen LogP contribution >= 0.6 is 15.9 Å². The molecule has 0 fully saturated rings. The zero-order chi connectivity index (χ0) is 19.6. The first-order chi connectivity index (χ1) is 14.3. The van der Waals surface area contributed by atoms with Gasteiger partial charge in [0.25, 0.3) is 0 Å². The maximum absolute atomic E-state index is 4.85.